The number of aromatic nitrogens is 1. The van der Waals surface area contributed by atoms with E-state index in [1.54, 1.807) is 13.8 Å². The number of amides is 2. The molecule has 0 aliphatic carbocycles. The van der Waals surface area contributed by atoms with Crippen LogP contribution >= 0.6 is 0 Å². The van der Waals surface area contributed by atoms with Crippen molar-refractivity contribution in [3.05, 3.63) is 52.3 Å². The minimum Gasteiger partial charge on any atom is -0.465 e. The average molecular weight is 437 g/mol. The fourth-order valence-electron chi connectivity index (χ4n) is 2.72. The van der Waals surface area contributed by atoms with Crippen LogP contribution in [0.25, 0.3) is 0 Å². The second-order valence-corrected chi connectivity index (χ2v) is 6.35. The van der Waals surface area contributed by atoms with Gasteiger partial charge in [-0.1, -0.05) is 6.92 Å². The number of hydrogen-bond donors (Lipinski definition) is 3. The van der Waals surface area contributed by atoms with Gasteiger partial charge in [-0.2, -0.15) is 0 Å². The van der Waals surface area contributed by atoms with Crippen molar-refractivity contribution in [1.29, 1.82) is 0 Å². The van der Waals surface area contributed by atoms with Crippen molar-refractivity contribution in [3.63, 3.8) is 0 Å². The van der Waals surface area contributed by atoms with Crippen molar-refractivity contribution in [2.75, 3.05) is 25.6 Å². The number of methoxy groups -OCH3 is 1. The summed E-state index contributed by atoms with van der Waals surface area (Å²) in [5, 5.41) is 4.50. The summed E-state index contributed by atoms with van der Waals surface area (Å²) in [4.78, 5) is 50.6. The molecule has 166 valence electrons. The summed E-state index contributed by atoms with van der Waals surface area (Å²) in [7, 11) is 1.22. The van der Waals surface area contributed by atoms with Gasteiger partial charge >= 0.3 is 11.9 Å². The molecule has 1 aromatic heterocycles. The maximum atomic E-state index is 13.1. The molecule has 11 heteroatoms. The first-order chi connectivity index (χ1) is 14.7. The van der Waals surface area contributed by atoms with Crippen LogP contribution in [0.2, 0.25) is 0 Å². The number of aryl methyl sites for hydroxylation is 1. The predicted octanol–water partition coefficient (Wildman–Crippen LogP) is 1.86. The van der Waals surface area contributed by atoms with Gasteiger partial charge in [-0.05, 0) is 31.0 Å². The zero-order valence-corrected chi connectivity index (χ0v) is 17.1. The number of carbonyl (C=O) groups excluding carboxylic acids is 4. The minimum absolute atomic E-state index is 0.0138. The van der Waals surface area contributed by atoms with Gasteiger partial charge < -0.3 is 25.1 Å². The Morgan fingerprint density at radius 2 is 1.77 bits per heavy atom. The molecule has 2 amide bonds. The minimum atomic E-state index is -1.13. The number of halogens is 2. The van der Waals surface area contributed by atoms with Gasteiger partial charge in [-0.15, -0.1) is 0 Å². The second kappa shape index (κ2) is 10.3. The van der Waals surface area contributed by atoms with E-state index in [1.165, 1.54) is 7.11 Å². The average Bonchev–Trinajstić information content (AvgIpc) is 3.09. The third-order valence-corrected chi connectivity index (χ3v) is 4.26. The fourth-order valence-corrected chi connectivity index (χ4v) is 2.72. The smallest absolute Gasteiger partial charge is 0.355 e. The summed E-state index contributed by atoms with van der Waals surface area (Å²) in [6, 6.07) is 2.80. The fraction of sp³-hybridized carbons (Fsp3) is 0.300. The standard InChI is InChI=1S/C20H21F2N3O6/c1-4-14-17(19(28)30-3)10(2)18(25-14)20(29)31-9-16(27)23-8-15(26)24-11-5-6-12(21)13(22)7-11/h5-7,25H,4,8-9H2,1-3H3,(H,23,27)(H,24,26). The van der Waals surface area contributed by atoms with Crippen LogP contribution in [-0.4, -0.2) is 49.0 Å². The first kappa shape index (κ1) is 23.5. The maximum absolute atomic E-state index is 13.1. The summed E-state index contributed by atoms with van der Waals surface area (Å²) in [5.41, 5.74) is 1.09. The molecule has 0 aliphatic rings. The molecule has 0 saturated heterocycles. The molecule has 0 atom stereocenters. The highest BCUT2D eigenvalue weighted by atomic mass is 19.2. The third-order valence-electron chi connectivity index (χ3n) is 4.26. The Hall–Kier alpha value is -3.76. The molecule has 2 rings (SSSR count). The van der Waals surface area contributed by atoms with E-state index in [4.69, 9.17) is 9.47 Å². The number of esters is 2. The van der Waals surface area contributed by atoms with Crippen molar-refractivity contribution in [2.45, 2.75) is 20.3 Å². The van der Waals surface area contributed by atoms with Gasteiger partial charge in [0.05, 0.1) is 19.2 Å². The van der Waals surface area contributed by atoms with Crippen LogP contribution < -0.4 is 10.6 Å². The van der Waals surface area contributed by atoms with Crippen molar-refractivity contribution in [2.24, 2.45) is 0 Å². The monoisotopic (exact) mass is 437 g/mol. The third kappa shape index (κ3) is 5.87. The number of anilines is 1. The zero-order valence-electron chi connectivity index (χ0n) is 17.1. The summed E-state index contributed by atoms with van der Waals surface area (Å²) in [5.74, 6) is -5.11. The van der Waals surface area contributed by atoms with Gasteiger partial charge in [0.15, 0.2) is 18.2 Å². The van der Waals surface area contributed by atoms with Gasteiger partial charge in [-0.3, -0.25) is 9.59 Å². The predicted molar refractivity (Wildman–Crippen MR) is 105 cm³/mol. The Kier molecular flexibility index (Phi) is 7.83. The number of nitrogens with one attached hydrogen (secondary N) is 3. The van der Waals surface area contributed by atoms with E-state index in [1.807, 2.05) is 0 Å². The number of benzene rings is 1. The molecule has 31 heavy (non-hydrogen) atoms. The highest BCUT2D eigenvalue weighted by Crippen LogP contribution is 2.21. The lowest BCUT2D eigenvalue weighted by atomic mass is 10.1. The Labute approximate surface area is 176 Å². The molecule has 9 nitrogen and oxygen atoms in total. The zero-order chi connectivity index (χ0) is 23.1. The highest BCUT2D eigenvalue weighted by Gasteiger charge is 2.25. The molecule has 3 N–H and O–H groups in total. The van der Waals surface area contributed by atoms with Gasteiger partial charge in [0.25, 0.3) is 5.91 Å². The Balaban J connectivity index is 1.87. The number of ether oxygens (including phenoxy) is 2. The largest absolute Gasteiger partial charge is 0.465 e. The first-order valence-electron chi connectivity index (χ1n) is 9.16. The van der Waals surface area contributed by atoms with E-state index in [9.17, 15) is 28.0 Å². The molecule has 0 bridgehead atoms. The van der Waals surface area contributed by atoms with Crippen molar-refractivity contribution in [1.82, 2.24) is 10.3 Å². The molecular formula is C20H21F2N3O6. The Morgan fingerprint density at radius 3 is 2.39 bits per heavy atom. The number of H-pyrrole nitrogens is 1. The maximum Gasteiger partial charge on any atom is 0.355 e. The van der Waals surface area contributed by atoms with E-state index in [0.29, 0.717) is 17.7 Å². The van der Waals surface area contributed by atoms with Crippen LogP contribution in [0, 0.1) is 18.6 Å². The van der Waals surface area contributed by atoms with Crippen molar-refractivity contribution in [3.8, 4) is 0 Å². The highest BCUT2D eigenvalue weighted by molar-refractivity contribution is 5.99. The van der Waals surface area contributed by atoms with Crippen LogP contribution in [-0.2, 0) is 25.5 Å². The number of rotatable bonds is 8. The Morgan fingerprint density at radius 1 is 1.06 bits per heavy atom. The number of aromatic amines is 1. The quantitative estimate of drug-likeness (QED) is 0.541. The summed E-state index contributed by atoms with van der Waals surface area (Å²) < 4.78 is 35.6. The van der Waals surface area contributed by atoms with E-state index in [-0.39, 0.29) is 16.9 Å². The molecule has 0 radical (unpaired) electrons. The lowest BCUT2D eigenvalue weighted by Crippen LogP contribution is -2.35. The van der Waals surface area contributed by atoms with Crippen LogP contribution in [0.15, 0.2) is 18.2 Å². The summed E-state index contributed by atoms with van der Waals surface area (Å²) in [6.07, 6.45) is 0.437. The van der Waals surface area contributed by atoms with Crippen LogP contribution in [0.5, 0.6) is 0 Å². The van der Waals surface area contributed by atoms with E-state index < -0.39 is 48.5 Å². The lowest BCUT2D eigenvalue weighted by molar-refractivity contribution is -0.126. The van der Waals surface area contributed by atoms with Crippen LogP contribution in [0.3, 0.4) is 0 Å². The second-order valence-electron chi connectivity index (χ2n) is 6.35. The van der Waals surface area contributed by atoms with Gasteiger partial charge in [0.2, 0.25) is 5.91 Å². The normalized spacial score (nSPS) is 10.4. The Bertz CT molecular complexity index is 1020. The first-order valence-corrected chi connectivity index (χ1v) is 9.16. The molecule has 1 aromatic carbocycles. The summed E-state index contributed by atoms with van der Waals surface area (Å²) in [6.45, 7) is 2.17. The summed E-state index contributed by atoms with van der Waals surface area (Å²) >= 11 is 0. The van der Waals surface area contributed by atoms with Crippen LogP contribution in [0.4, 0.5) is 14.5 Å². The van der Waals surface area contributed by atoms with E-state index in [2.05, 4.69) is 15.6 Å². The van der Waals surface area contributed by atoms with Gasteiger partial charge in [0.1, 0.15) is 5.69 Å². The van der Waals surface area contributed by atoms with Crippen LogP contribution in [0.1, 0.15) is 39.0 Å². The van der Waals surface area contributed by atoms with Crippen molar-refractivity contribution >= 4 is 29.4 Å². The topological polar surface area (TPSA) is 127 Å². The number of carbonyl (C=O) groups is 4. The van der Waals surface area contributed by atoms with E-state index in [0.717, 1.165) is 18.2 Å². The van der Waals surface area contributed by atoms with E-state index >= 15 is 0 Å². The molecule has 1 heterocycles. The van der Waals surface area contributed by atoms with Gasteiger partial charge in [-0.25, -0.2) is 18.4 Å². The molecule has 0 unspecified atom stereocenters. The SMILES string of the molecule is CCc1[nH]c(C(=O)OCC(=O)NCC(=O)Nc2ccc(F)c(F)c2)c(C)c1C(=O)OC. The lowest BCUT2D eigenvalue weighted by Gasteiger charge is -2.08. The molecule has 0 saturated carbocycles. The van der Waals surface area contributed by atoms with Crippen molar-refractivity contribution < 1.29 is 37.4 Å². The number of hydrogen-bond acceptors (Lipinski definition) is 6. The molecule has 0 aliphatic heterocycles. The molecular weight excluding hydrogens is 416 g/mol. The molecule has 0 spiro atoms. The molecule has 0 fully saturated rings. The molecule has 2 aromatic rings. The van der Waals surface area contributed by atoms with Gasteiger partial charge in [0, 0.05) is 17.4 Å².